The highest BCUT2D eigenvalue weighted by atomic mass is 15.2. The molecule has 0 spiro atoms. The van der Waals surface area contributed by atoms with E-state index < -0.39 is 0 Å². The minimum Gasteiger partial charge on any atom is -0.356 e. The second kappa shape index (κ2) is 3.44. The molecule has 0 amide bonds. The zero-order valence-electron chi connectivity index (χ0n) is 7.40. The summed E-state index contributed by atoms with van der Waals surface area (Å²) in [6.07, 6.45) is 9.28. The normalized spacial score (nSPS) is 15.8. The summed E-state index contributed by atoms with van der Waals surface area (Å²) in [5.74, 6) is 3.47. The van der Waals surface area contributed by atoms with E-state index in [1.807, 2.05) is 6.07 Å². The van der Waals surface area contributed by atoms with Crippen LogP contribution < -0.4 is 4.90 Å². The quantitative estimate of drug-likeness (QED) is 0.594. The van der Waals surface area contributed by atoms with Gasteiger partial charge in [-0.1, -0.05) is 5.92 Å². The molecule has 3 nitrogen and oxygen atoms in total. The van der Waals surface area contributed by atoms with Gasteiger partial charge >= 0.3 is 0 Å². The van der Waals surface area contributed by atoms with Crippen molar-refractivity contribution in [2.24, 2.45) is 0 Å². The summed E-state index contributed by atoms with van der Waals surface area (Å²) in [6.45, 7) is 2.17. The molecular formula is C10H11N3. The summed E-state index contributed by atoms with van der Waals surface area (Å²) >= 11 is 0. The maximum atomic E-state index is 5.26. The number of rotatable bonds is 1. The molecule has 0 saturated carbocycles. The third-order valence-corrected chi connectivity index (χ3v) is 2.23. The topological polar surface area (TPSA) is 29.0 Å². The van der Waals surface area contributed by atoms with Crippen molar-refractivity contribution in [1.82, 2.24) is 9.97 Å². The molecule has 1 aliphatic heterocycles. The molecule has 1 saturated heterocycles. The fourth-order valence-electron chi connectivity index (χ4n) is 1.55. The van der Waals surface area contributed by atoms with Gasteiger partial charge in [-0.2, -0.15) is 0 Å². The Morgan fingerprint density at radius 2 is 2.08 bits per heavy atom. The third-order valence-electron chi connectivity index (χ3n) is 2.23. The Hall–Kier alpha value is -1.56. The van der Waals surface area contributed by atoms with Crippen molar-refractivity contribution in [2.75, 3.05) is 18.0 Å². The fourth-order valence-corrected chi connectivity index (χ4v) is 1.55. The molecule has 0 N–H and O–H groups in total. The van der Waals surface area contributed by atoms with Crippen LogP contribution in [0.3, 0.4) is 0 Å². The van der Waals surface area contributed by atoms with Gasteiger partial charge in [0.2, 0.25) is 0 Å². The zero-order chi connectivity index (χ0) is 9.10. The molecular weight excluding hydrogens is 162 g/mol. The van der Waals surface area contributed by atoms with Crippen LogP contribution in [0.15, 0.2) is 12.4 Å². The molecule has 0 unspecified atom stereocenters. The maximum Gasteiger partial charge on any atom is 0.133 e. The number of hydrogen-bond donors (Lipinski definition) is 0. The Bertz CT molecular complexity index is 334. The van der Waals surface area contributed by atoms with Gasteiger partial charge < -0.3 is 4.90 Å². The first-order valence-corrected chi connectivity index (χ1v) is 4.44. The van der Waals surface area contributed by atoms with Gasteiger partial charge in [0.05, 0.1) is 0 Å². The SMILES string of the molecule is C#Cc1cc(N2CCCC2)ncn1. The largest absolute Gasteiger partial charge is 0.356 e. The van der Waals surface area contributed by atoms with E-state index >= 15 is 0 Å². The summed E-state index contributed by atoms with van der Waals surface area (Å²) in [5, 5.41) is 0. The van der Waals surface area contributed by atoms with Crippen molar-refractivity contribution < 1.29 is 0 Å². The van der Waals surface area contributed by atoms with Crippen LogP contribution in [0, 0.1) is 12.3 Å². The van der Waals surface area contributed by atoms with E-state index in [1.165, 1.54) is 19.2 Å². The van der Waals surface area contributed by atoms with E-state index in [2.05, 4.69) is 20.8 Å². The molecule has 1 aromatic heterocycles. The first-order valence-electron chi connectivity index (χ1n) is 4.44. The first-order chi connectivity index (χ1) is 6.40. The van der Waals surface area contributed by atoms with E-state index in [-0.39, 0.29) is 0 Å². The summed E-state index contributed by atoms with van der Waals surface area (Å²) in [6, 6.07) is 1.87. The molecule has 1 aromatic rings. The lowest BCUT2D eigenvalue weighted by Crippen LogP contribution is -2.19. The highest BCUT2D eigenvalue weighted by molar-refractivity contribution is 5.43. The predicted molar refractivity (Wildman–Crippen MR) is 51.4 cm³/mol. The number of anilines is 1. The van der Waals surface area contributed by atoms with Gasteiger partial charge in [0.15, 0.2) is 0 Å². The highest BCUT2D eigenvalue weighted by Crippen LogP contribution is 2.16. The molecule has 0 aromatic carbocycles. The maximum absolute atomic E-state index is 5.26. The van der Waals surface area contributed by atoms with E-state index in [9.17, 15) is 0 Å². The lowest BCUT2D eigenvalue weighted by atomic mass is 10.4. The molecule has 3 heteroatoms. The van der Waals surface area contributed by atoms with E-state index in [0.29, 0.717) is 5.69 Å². The smallest absolute Gasteiger partial charge is 0.133 e. The van der Waals surface area contributed by atoms with Gasteiger partial charge in [-0.05, 0) is 12.8 Å². The Morgan fingerprint density at radius 3 is 2.77 bits per heavy atom. The van der Waals surface area contributed by atoms with E-state index in [4.69, 9.17) is 6.42 Å². The lowest BCUT2D eigenvalue weighted by molar-refractivity contribution is 0.925. The molecule has 0 atom stereocenters. The van der Waals surface area contributed by atoms with Crippen LogP contribution >= 0.6 is 0 Å². The van der Waals surface area contributed by atoms with Crippen molar-refractivity contribution in [3.63, 3.8) is 0 Å². The summed E-state index contributed by atoms with van der Waals surface area (Å²) in [4.78, 5) is 10.4. The van der Waals surface area contributed by atoms with Crippen molar-refractivity contribution in [3.05, 3.63) is 18.1 Å². The minimum atomic E-state index is 0.664. The van der Waals surface area contributed by atoms with Gasteiger partial charge in [0, 0.05) is 19.2 Å². The van der Waals surface area contributed by atoms with Crippen LogP contribution in [-0.2, 0) is 0 Å². The van der Waals surface area contributed by atoms with Crippen LogP contribution in [0.2, 0.25) is 0 Å². The molecule has 2 rings (SSSR count). The fraction of sp³-hybridized carbons (Fsp3) is 0.400. The molecule has 66 valence electrons. The summed E-state index contributed by atoms with van der Waals surface area (Å²) < 4.78 is 0. The Balaban J connectivity index is 2.25. The summed E-state index contributed by atoms with van der Waals surface area (Å²) in [7, 11) is 0. The Morgan fingerprint density at radius 1 is 1.31 bits per heavy atom. The highest BCUT2D eigenvalue weighted by Gasteiger charge is 2.13. The molecule has 2 heterocycles. The summed E-state index contributed by atoms with van der Waals surface area (Å²) in [5.41, 5.74) is 0.664. The van der Waals surface area contributed by atoms with Gasteiger partial charge in [-0.25, -0.2) is 9.97 Å². The van der Waals surface area contributed by atoms with Crippen LogP contribution in [0.4, 0.5) is 5.82 Å². The van der Waals surface area contributed by atoms with E-state index in [1.54, 1.807) is 0 Å². The zero-order valence-corrected chi connectivity index (χ0v) is 7.40. The van der Waals surface area contributed by atoms with Crippen molar-refractivity contribution in [2.45, 2.75) is 12.8 Å². The number of terminal acetylenes is 1. The van der Waals surface area contributed by atoms with Gasteiger partial charge in [-0.3, -0.25) is 0 Å². The van der Waals surface area contributed by atoms with E-state index in [0.717, 1.165) is 18.9 Å². The van der Waals surface area contributed by atoms with Crippen molar-refractivity contribution >= 4 is 5.82 Å². The van der Waals surface area contributed by atoms with Crippen LogP contribution in [0.5, 0.6) is 0 Å². The average Bonchev–Trinajstić information content (AvgIpc) is 2.71. The molecule has 0 bridgehead atoms. The molecule has 1 aliphatic rings. The molecule has 0 radical (unpaired) electrons. The van der Waals surface area contributed by atoms with Gasteiger partial charge in [0.25, 0.3) is 0 Å². The molecule has 1 fully saturated rings. The Kier molecular flexibility index (Phi) is 2.13. The van der Waals surface area contributed by atoms with Gasteiger partial charge in [0.1, 0.15) is 17.8 Å². The Labute approximate surface area is 77.8 Å². The lowest BCUT2D eigenvalue weighted by Gasteiger charge is -2.15. The van der Waals surface area contributed by atoms with Crippen LogP contribution in [0.25, 0.3) is 0 Å². The number of hydrogen-bond acceptors (Lipinski definition) is 3. The molecule has 0 aliphatic carbocycles. The number of aromatic nitrogens is 2. The average molecular weight is 173 g/mol. The first kappa shape index (κ1) is 8.06. The predicted octanol–water partition coefficient (Wildman–Crippen LogP) is 1.06. The standard InChI is InChI=1S/C10H11N3/c1-2-9-7-10(12-8-11-9)13-5-3-4-6-13/h1,7-8H,3-6H2. The molecule has 13 heavy (non-hydrogen) atoms. The second-order valence-corrected chi connectivity index (χ2v) is 3.10. The minimum absolute atomic E-state index is 0.664. The second-order valence-electron chi connectivity index (χ2n) is 3.10. The van der Waals surface area contributed by atoms with Crippen LogP contribution in [0.1, 0.15) is 18.5 Å². The third kappa shape index (κ3) is 1.62. The van der Waals surface area contributed by atoms with Crippen molar-refractivity contribution in [1.29, 1.82) is 0 Å². The van der Waals surface area contributed by atoms with Crippen LogP contribution in [-0.4, -0.2) is 23.1 Å². The monoisotopic (exact) mass is 173 g/mol. The van der Waals surface area contributed by atoms with Gasteiger partial charge in [-0.15, -0.1) is 6.42 Å². The van der Waals surface area contributed by atoms with Crippen molar-refractivity contribution in [3.8, 4) is 12.3 Å². The number of nitrogens with zero attached hydrogens (tertiary/aromatic N) is 3.